The molecule has 0 bridgehead atoms. The Balaban J connectivity index is 1.62. The van der Waals surface area contributed by atoms with E-state index in [4.69, 9.17) is 17.3 Å². The third-order valence-corrected chi connectivity index (χ3v) is 6.56. The number of carbonyl (C=O) groups excluding carboxylic acids is 2. The van der Waals surface area contributed by atoms with E-state index < -0.39 is 0 Å². The number of anilines is 2. The summed E-state index contributed by atoms with van der Waals surface area (Å²) in [5.41, 5.74) is 9.23. The highest BCUT2D eigenvalue weighted by molar-refractivity contribution is 6.41. The molecular weight excluding hydrogens is 482 g/mol. The molecule has 0 spiro atoms. The normalized spacial score (nSPS) is 14.2. The van der Waals surface area contributed by atoms with Crippen LogP contribution in [0.2, 0.25) is 5.15 Å². The molecule has 2 amide bonds. The summed E-state index contributed by atoms with van der Waals surface area (Å²) in [5.74, 6) is -0.157. The van der Waals surface area contributed by atoms with Gasteiger partial charge in [-0.1, -0.05) is 25.4 Å². The van der Waals surface area contributed by atoms with Crippen LogP contribution >= 0.6 is 11.6 Å². The predicted molar refractivity (Wildman–Crippen MR) is 139 cm³/mol. The quantitative estimate of drug-likeness (QED) is 0.296. The molecule has 4 N–H and O–H groups in total. The number of rotatable bonds is 9. The van der Waals surface area contributed by atoms with E-state index in [1.165, 1.54) is 4.90 Å². The smallest absolute Gasteiger partial charge is 0.260 e. The summed E-state index contributed by atoms with van der Waals surface area (Å²) in [6.45, 7) is 9.44. The summed E-state index contributed by atoms with van der Waals surface area (Å²) in [5, 5.41) is 7.22. The minimum Gasteiger partial charge on any atom is -0.368 e. The van der Waals surface area contributed by atoms with Crippen LogP contribution < -0.4 is 16.0 Å². The number of H-pyrrole nitrogens is 1. The van der Waals surface area contributed by atoms with E-state index in [1.807, 2.05) is 13.1 Å². The van der Waals surface area contributed by atoms with Crippen molar-refractivity contribution in [3.05, 3.63) is 51.7 Å². The van der Waals surface area contributed by atoms with Crippen LogP contribution in [0.25, 0.3) is 11.6 Å². The first kappa shape index (κ1) is 25.4. The van der Waals surface area contributed by atoms with Crippen molar-refractivity contribution in [1.82, 2.24) is 34.9 Å². The minimum absolute atomic E-state index is 0.0243. The van der Waals surface area contributed by atoms with E-state index in [0.717, 1.165) is 30.8 Å². The van der Waals surface area contributed by atoms with Crippen LogP contribution in [-0.4, -0.2) is 67.6 Å². The van der Waals surface area contributed by atoms with Crippen molar-refractivity contribution in [2.24, 2.45) is 7.05 Å². The predicted octanol–water partition coefficient (Wildman–Crippen LogP) is 2.24. The monoisotopic (exact) mass is 511 g/mol. The molecule has 12 heteroatoms. The van der Waals surface area contributed by atoms with Gasteiger partial charge >= 0.3 is 0 Å². The first-order valence-corrected chi connectivity index (χ1v) is 12.1. The summed E-state index contributed by atoms with van der Waals surface area (Å²) in [6.07, 6.45) is 6.82. The fourth-order valence-electron chi connectivity index (χ4n) is 4.23. The van der Waals surface area contributed by atoms with Crippen LogP contribution in [0.4, 0.5) is 11.8 Å². The van der Waals surface area contributed by atoms with Crippen molar-refractivity contribution in [2.45, 2.75) is 27.3 Å². The van der Waals surface area contributed by atoms with Gasteiger partial charge in [0.05, 0.1) is 29.4 Å². The van der Waals surface area contributed by atoms with E-state index in [1.54, 1.807) is 30.2 Å². The van der Waals surface area contributed by atoms with Crippen LogP contribution in [0.1, 0.15) is 46.6 Å². The number of fused-ring (bicyclic) bond motifs is 1. The van der Waals surface area contributed by atoms with Gasteiger partial charge in [0.25, 0.3) is 11.8 Å². The second-order valence-corrected chi connectivity index (χ2v) is 8.92. The molecule has 1 aliphatic heterocycles. The fourth-order valence-corrected chi connectivity index (χ4v) is 4.51. The van der Waals surface area contributed by atoms with E-state index in [2.05, 4.69) is 44.1 Å². The van der Waals surface area contributed by atoms with Gasteiger partial charge in [-0.15, -0.1) is 0 Å². The van der Waals surface area contributed by atoms with Crippen LogP contribution in [0.3, 0.4) is 0 Å². The fraction of sp³-hybridized carbons (Fsp3) is 0.375. The Labute approximate surface area is 214 Å². The third kappa shape index (κ3) is 4.98. The maximum Gasteiger partial charge on any atom is 0.260 e. The Morgan fingerprint density at radius 2 is 2.06 bits per heavy atom. The number of halogens is 1. The Hall–Kier alpha value is -3.70. The topological polar surface area (TPSA) is 138 Å². The molecule has 1 aliphatic rings. The number of nitrogen functional groups attached to an aromatic ring is 1. The second-order valence-electron chi connectivity index (χ2n) is 8.57. The van der Waals surface area contributed by atoms with Crippen molar-refractivity contribution < 1.29 is 9.59 Å². The highest BCUT2D eigenvalue weighted by Gasteiger charge is 2.37. The number of hydrogen-bond acceptors (Lipinski definition) is 7. The maximum absolute atomic E-state index is 13.5. The zero-order valence-corrected chi connectivity index (χ0v) is 21.6. The molecule has 3 aromatic heterocycles. The van der Waals surface area contributed by atoms with Gasteiger partial charge in [-0.3, -0.25) is 19.2 Å². The van der Waals surface area contributed by atoms with Crippen LogP contribution in [0.5, 0.6) is 0 Å². The first-order valence-electron chi connectivity index (χ1n) is 11.8. The highest BCUT2D eigenvalue weighted by atomic mass is 35.5. The summed E-state index contributed by atoms with van der Waals surface area (Å²) < 4.78 is 1.66. The van der Waals surface area contributed by atoms with Gasteiger partial charge in [0, 0.05) is 43.8 Å². The number of nitrogens with zero attached hydrogens (tertiary/aromatic N) is 6. The average Bonchev–Trinajstić information content (AvgIpc) is 3.49. The van der Waals surface area contributed by atoms with Crippen molar-refractivity contribution in [2.75, 3.05) is 36.8 Å². The summed E-state index contributed by atoms with van der Waals surface area (Å²) in [6, 6.07) is 0. The van der Waals surface area contributed by atoms with Crippen molar-refractivity contribution >= 4 is 46.8 Å². The standard InChI is InChI=1S/C24H30ClN9O2/c1-5-33(6-2)8-7-27-22(35)17-11-28-18(14(17)3)9-16-19-20(25)30-24(26)31-21(19)34(23(16)36)13-15-10-29-32(4)12-15/h9-12,28H,5-8,13H2,1-4H3,(H,27,35)(H2,26,30,31). The van der Waals surface area contributed by atoms with E-state index in [0.29, 0.717) is 34.8 Å². The van der Waals surface area contributed by atoms with Gasteiger partial charge in [0.1, 0.15) is 5.15 Å². The molecule has 0 unspecified atom stereocenters. The molecule has 190 valence electrons. The van der Waals surface area contributed by atoms with Gasteiger partial charge in [0.2, 0.25) is 5.95 Å². The lowest BCUT2D eigenvalue weighted by Gasteiger charge is -2.17. The SMILES string of the molecule is CCN(CC)CCNC(=O)c1c[nH]c(C=C2C(=O)N(Cc3cnn(C)c3)c3nc(N)nc(Cl)c32)c1C. The van der Waals surface area contributed by atoms with Gasteiger partial charge < -0.3 is 20.9 Å². The van der Waals surface area contributed by atoms with E-state index in [-0.39, 0.29) is 29.5 Å². The molecule has 0 saturated heterocycles. The van der Waals surface area contributed by atoms with E-state index in [9.17, 15) is 9.59 Å². The number of likely N-dealkylation sites (N-methyl/N-ethyl adjacent to an activating group) is 1. The van der Waals surface area contributed by atoms with Gasteiger partial charge in [0.15, 0.2) is 5.82 Å². The largest absolute Gasteiger partial charge is 0.368 e. The summed E-state index contributed by atoms with van der Waals surface area (Å²) in [7, 11) is 1.80. The van der Waals surface area contributed by atoms with Gasteiger partial charge in [-0.2, -0.15) is 10.1 Å². The lowest BCUT2D eigenvalue weighted by Crippen LogP contribution is -2.34. The zero-order chi connectivity index (χ0) is 26.0. The number of hydrogen-bond donors (Lipinski definition) is 3. The first-order chi connectivity index (χ1) is 17.2. The molecule has 0 atom stereocenters. The molecule has 4 rings (SSSR count). The summed E-state index contributed by atoms with van der Waals surface area (Å²) in [4.78, 5) is 41.5. The second kappa shape index (κ2) is 10.5. The lowest BCUT2D eigenvalue weighted by molar-refractivity contribution is -0.113. The number of nitrogens with two attached hydrogens (primary N) is 1. The van der Waals surface area contributed by atoms with Crippen molar-refractivity contribution in [3.8, 4) is 0 Å². The Bertz CT molecular complexity index is 1320. The molecule has 36 heavy (non-hydrogen) atoms. The van der Waals surface area contributed by atoms with Gasteiger partial charge in [-0.25, -0.2) is 4.98 Å². The number of aromatic amines is 1. The molecule has 11 nitrogen and oxygen atoms in total. The highest BCUT2D eigenvalue weighted by Crippen LogP contribution is 2.41. The third-order valence-electron chi connectivity index (χ3n) is 6.28. The minimum atomic E-state index is -0.296. The van der Waals surface area contributed by atoms with Crippen LogP contribution in [-0.2, 0) is 18.4 Å². The van der Waals surface area contributed by atoms with Crippen LogP contribution in [0, 0.1) is 6.92 Å². The molecule has 3 aromatic rings. The number of aromatic nitrogens is 5. The lowest BCUT2D eigenvalue weighted by atomic mass is 10.1. The molecular formula is C24H30ClN9O2. The van der Waals surface area contributed by atoms with Crippen LogP contribution in [0.15, 0.2) is 18.6 Å². The Morgan fingerprint density at radius 1 is 1.31 bits per heavy atom. The number of carbonyl (C=O) groups is 2. The number of aryl methyl sites for hydroxylation is 1. The average molecular weight is 512 g/mol. The van der Waals surface area contributed by atoms with Gasteiger partial charge in [-0.05, 0) is 31.7 Å². The molecule has 0 radical (unpaired) electrons. The molecule has 0 aliphatic carbocycles. The van der Waals surface area contributed by atoms with Crippen molar-refractivity contribution in [1.29, 1.82) is 0 Å². The molecule has 0 fully saturated rings. The molecule has 0 saturated carbocycles. The Morgan fingerprint density at radius 3 is 2.72 bits per heavy atom. The molecule has 4 heterocycles. The zero-order valence-electron chi connectivity index (χ0n) is 20.8. The number of nitrogens with one attached hydrogen (secondary N) is 2. The van der Waals surface area contributed by atoms with Crippen molar-refractivity contribution in [3.63, 3.8) is 0 Å². The Kier molecular flexibility index (Phi) is 7.41. The molecule has 0 aromatic carbocycles. The van der Waals surface area contributed by atoms with E-state index >= 15 is 0 Å². The number of amides is 2. The summed E-state index contributed by atoms with van der Waals surface area (Å²) >= 11 is 6.43. The maximum atomic E-state index is 13.5.